The van der Waals surface area contributed by atoms with Gasteiger partial charge < -0.3 is 15.6 Å². The van der Waals surface area contributed by atoms with E-state index in [4.69, 9.17) is 5.73 Å². The van der Waals surface area contributed by atoms with Crippen molar-refractivity contribution in [3.8, 4) is 0 Å². The lowest BCUT2D eigenvalue weighted by molar-refractivity contribution is 0.489. The predicted octanol–water partition coefficient (Wildman–Crippen LogP) is 3.08. The van der Waals surface area contributed by atoms with E-state index in [1.54, 1.807) is 0 Å². The van der Waals surface area contributed by atoms with E-state index in [9.17, 15) is 0 Å². The van der Waals surface area contributed by atoms with Crippen molar-refractivity contribution in [1.82, 2.24) is 14.9 Å². The van der Waals surface area contributed by atoms with Gasteiger partial charge >= 0.3 is 0 Å². The predicted molar refractivity (Wildman–Crippen MR) is 96.5 cm³/mol. The van der Waals surface area contributed by atoms with Crippen LogP contribution in [0.3, 0.4) is 0 Å². The molecule has 0 saturated carbocycles. The molecule has 0 fully saturated rings. The summed E-state index contributed by atoms with van der Waals surface area (Å²) >= 11 is 0. The molecule has 0 bridgehead atoms. The van der Waals surface area contributed by atoms with E-state index >= 15 is 0 Å². The van der Waals surface area contributed by atoms with Crippen LogP contribution in [-0.4, -0.2) is 22.6 Å². The lowest BCUT2D eigenvalue weighted by Crippen LogP contribution is -2.23. The Bertz CT molecular complexity index is 576. The molecule has 0 aliphatic heterocycles. The van der Waals surface area contributed by atoms with Crippen LogP contribution in [0.2, 0.25) is 0 Å². The number of benzene rings is 1. The van der Waals surface area contributed by atoms with E-state index < -0.39 is 0 Å². The summed E-state index contributed by atoms with van der Waals surface area (Å²) in [7, 11) is 0. The lowest BCUT2D eigenvalue weighted by Gasteiger charge is -2.20. The highest BCUT2D eigenvalue weighted by molar-refractivity contribution is 5.30. The van der Waals surface area contributed by atoms with Crippen molar-refractivity contribution in [2.45, 2.75) is 52.1 Å². The van der Waals surface area contributed by atoms with E-state index in [-0.39, 0.29) is 0 Å². The molecule has 1 aromatic heterocycles. The van der Waals surface area contributed by atoms with Crippen LogP contribution in [-0.2, 0) is 19.4 Å². The fourth-order valence-electron chi connectivity index (χ4n) is 3.01. The average Bonchev–Trinajstić information content (AvgIpc) is 3.03. The van der Waals surface area contributed by atoms with Crippen molar-refractivity contribution in [3.05, 3.63) is 53.6 Å². The molecule has 0 aliphatic rings. The molecule has 1 heterocycles. The Morgan fingerprint density at radius 2 is 2.09 bits per heavy atom. The number of imidazole rings is 1. The third-order valence-corrected chi connectivity index (χ3v) is 4.29. The molecular formula is C19H30N4. The van der Waals surface area contributed by atoms with Gasteiger partial charge in [-0.3, -0.25) is 0 Å². The molecule has 23 heavy (non-hydrogen) atoms. The highest BCUT2D eigenvalue weighted by atomic mass is 15.0. The minimum Gasteiger partial charge on any atom is -0.337 e. The molecule has 0 aliphatic carbocycles. The van der Waals surface area contributed by atoms with Crippen LogP contribution >= 0.6 is 0 Å². The highest BCUT2D eigenvalue weighted by Gasteiger charge is 2.11. The number of nitrogens with two attached hydrogens (primary N) is 1. The smallest absolute Gasteiger partial charge is 0.0949 e. The van der Waals surface area contributed by atoms with Crippen molar-refractivity contribution in [3.63, 3.8) is 0 Å². The SMILES string of the molecule is CCc1ccccc1C(CC)NCCCn1cnc(CCN)c1. The largest absolute Gasteiger partial charge is 0.337 e. The summed E-state index contributed by atoms with van der Waals surface area (Å²) in [5.74, 6) is 0. The van der Waals surface area contributed by atoms with E-state index in [2.05, 4.69) is 59.2 Å². The van der Waals surface area contributed by atoms with Crippen molar-refractivity contribution in [2.75, 3.05) is 13.1 Å². The first-order chi connectivity index (χ1) is 11.3. The Morgan fingerprint density at radius 1 is 1.26 bits per heavy atom. The number of nitrogens with one attached hydrogen (secondary N) is 1. The number of aryl methyl sites for hydroxylation is 2. The van der Waals surface area contributed by atoms with Crippen LogP contribution in [0.15, 0.2) is 36.8 Å². The molecular weight excluding hydrogens is 284 g/mol. The Labute approximate surface area is 140 Å². The molecule has 3 N–H and O–H groups in total. The molecule has 4 nitrogen and oxygen atoms in total. The summed E-state index contributed by atoms with van der Waals surface area (Å²) in [4.78, 5) is 4.37. The van der Waals surface area contributed by atoms with Crippen LogP contribution in [0.4, 0.5) is 0 Å². The second-order valence-electron chi connectivity index (χ2n) is 5.96. The molecule has 2 rings (SSSR count). The summed E-state index contributed by atoms with van der Waals surface area (Å²) in [6.07, 6.45) is 8.18. The third kappa shape index (κ3) is 5.19. The van der Waals surface area contributed by atoms with Crippen molar-refractivity contribution < 1.29 is 0 Å². The summed E-state index contributed by atoms with van der Waals surface area (Å²) in [6, 6.07) is 9.22. The molecule has 126 valence electrons. The van der Waals surface area contributed by atoms with Crippen LogP contribution in [0.5, 0.6) is 0 Å². The van der Waals surface area contributed by atoms with Crippen molar-refractivity contribution in [1.29, 1.82) is 0 Å². The van der Waals surface area contributed by atoms with Crippen LogP contribution in [0, 0.1) is 0 Å². The van der Waals surface area contributed by atoms with Gasteiger partial charge in [0.15, 0.2) is 0 Å². The van der Waals surface area contributed by atoms with Gasteiger partial charge in [0.05, 0.1) is 12.0 Å². The third-order valence-electron chi connectivity index (χ3n) is 4.29. The highest BCUT2D eigenvalue weighted by Crippen LogP contribution is 2.21. The van der Waals surface area contributed by atoms with Gasteiger partial charge in [-0.2, -0.15) is 0 Å². The monoisotopic (exact) mass is 314 g/mol. The molecule has 1 aromatic carbocycles. The number of nitrogens with zero attached hydrogens (tertiary/aromatic N) is 2. The van der Waals surface area contributed by atoms with Gasteiger partial charge in [0, 0.05) is 25.2 Å². The zero-order valence-corrected chi connectivity index (χ0v) is 14.5. The first kappa shape index (κ1) is 17.7. The second kappa shape index (κ2) is 9.48. The maximum absolute atomic E-state index is 5.56. The van der Waals surface area contributed by atoms with Crippen LogP contribution in [0.25, 0.3) is 0 Å². The molecule has 0 amide bonds. The van der Waals surface area contributed by atoms with E-state index in [0.29, 0.717) is 12.6 Å². The van der Waals surface area contributed by atoms with Crippen LogP contribution in [0.1, 0.15) is 49.6 Å². The Morgan fingerprint density at radius 3 is 2.83 bits per heavy atom. The summed E-state index contributed by atoms with van der Waals surface area (Å²) in [5.41, 5.74) is 9.55. The standard InChI is InChI=1S/C19H30N4/c1-3-16-8-5-6-9-18(16)19(4-2)21-12-7-13-23-14-17(10-11-20)22-15-23/h5-6,8-9,14-15,19,21H,3-4,7,10-13,20H2,1-2H3. The maximum atomic E-state index is 5.56. The molecule has 0 saturated heterocycles. The Kier molecular flexibility index (Phi) is 7.30. The van der Waals surface area contributed by atoms with Crippen molar-refractivity contribution in [2.24, 2.45) is 5.73 Å². The van der Waals surface area contributed by atoms with Crippen molar-refractivity contribution >= 4 is 0 Å². The molecule has 0 spiro atoms. The minimum absolute atomic E-state index is 0.446. The second-order valence-corrected chi connectivity index (χ2v) is 5.96. The normalized spacial score (nSPS) is 12.5. The van der Waals surface area contributed by atoms with Gasteiger partial charge in [0.1, 0.15) is 0 Å². The first-order valence-electron chi connectivity index (χ1n) is 8.80. The number of hydrogen-bond acceptors (Lipinski definition) is 3. The zero-order chi connectivity index (χ0) is 16.5. The number of aromatic nitrogens is 2. The van der Waals surface area contributed by atoms with Crippen LogP contribution < -0.4 is 11.1 Å². The lowest BCUT2D eigenvalue weighted by atomic mass is 9.97. The van der Waals surface area contributed by atoms with Gasteiger partial charge in [-0.1, -0.05) is 38.1 Å². The van der Waals surface area contributed by atoms with Gasteiger partial charge in [0.25, 0.3) is 0 Å². The van der Waals surface area contributed by atoms with Gasteiger partial charge in [-0.25, -0.2) is 4.98 Å². The van der Waals surface area contributed by atoms with Gasteiger partial charge in [-0.15, -0.1) is 0 Å². The number of rotatable bonds is 10. The number of hydrogen-bond donors (Lipinski definition) is 2. The Balaban J connectivity index is 1.81. The molecule has 1 unspecified atom stereocenters. The topological polar surface area (TPSA) is 55.9 Å². The summed E-state index contributed by atoms with van der Waals surface area (Å²) in [6.45, 7) is 7.15. The Hall–Kier alpha value is -1.65. The first-order valence-corrected chi connectivity index (χ1v) is 8.80. The zero-order valence-electron chi connectivity index (χ0n) is 14.5. The van der Waals surface area contributed by atoms with E-state index in [0.717, 1.165) is 44.5 Å². The van der Waals surface area contributed by atoms with Gasteiger partial charge in [0.2, 0.25) is 0 Å². The molecule has 4 heteroatoms. The van der Waals surface area contributed by atoms with Gasteiger partial charge in [-0.05, 0) is 43.5 Å². The summed E-state index contributed by atoms with van der Waals surface area (Å²) < 4.78 is 2.16. The fourth-order valence-corrected chi connectivity index (χ4v) is 3.01. The average molecular weight is 314 g/mol. The quantitative estimate of drug-likeness (QED) is 0.663. The van der Waals surface area contributed by atoms with E-state index in [1.807, 2.05) is 6.33 Å². The van der Waals surface area contributed by atoms with E-state index in [1.165, 1.54) is 11.1 Å². The molecule has 1 atom stereocenters. The summed E-state index contributed by atoms with van der Waals surface area (Å²) in [5, 5.41) is 3.71. The molecule has 2 aromatic rings. The molecule has 0 radical (unpaired) electrons. The maximum Gasteiger partial charge on any atom is 0.0949 e. The minimum atomic E-state index is 0.446. The fraction of sp³-hybridized carbons (Fsp3) is 0.526.